The maximum absolute atomic E-state index is 13.3. The third-order valence-corrected chi connectivity index (χ3v) is 7.33. The van der Waals surface area contributed by atoms with Gasteiger partial charge in [-0.15, -0.1) is 5.10 Å². The van der Waals surface area contributed by atoms with E-state index in [1.165, 1.54) is 0 Å². The molecule has 0 saturated heterocycles. The molecule has 0 aliphatic heterocycles. The number of aromatic nitrogens is 4. The summed E-state index contributed by atoms with van der Waals surface area (Å²) < 4.78 is 1.65. The zero-order valence-corrected chi connectivity index (χ0v) is 16.3. The van der Waals surface area contributed by atoms with Crippen LogP contribution in [0.5, 0.6) is 0 Å². The maximum atomic E-state index is 13.3. The highest BCUT2D eigenvalue weighted by Crippen LogP contribution is 2.67. The standard InChI is InChI=1S/C21H27N5O2/c1-2-19-8-15-9-20(12-19,14-21(28,10-15)13-19)18(27)22-11-17-23-24-25-26(17)16-6-4-3-5-7-16/h3-7,15,28H,2,8-14H2,1H3,(H,22,27). The molecule has 4 saturated carbocycles. The molecule has 4 aliphatic rings. The summed E-state index contributed by atoms with van der Waals surface area (Å²) in [4.78, 5) is 13.3. The molecule has 0 radical (unpaired) electrons. The van der Waals surface area contributed by atoms with Crippen molar-refractivity contribution >= 4 is 5.91 Å². The van der Waals surface area contributed by atoms with Crippen LogP contribution in [-0.2, 0) is 11.3 Å². The van der Waals surface area contributed by atoms with Crippen LogP contribution in [0.1, 0.15) is 57.7 Å². The molecule has 4 unspecified atom stereocenters. The average Bonchev–Trinajstić information content (AvgIpc) is 3.13. The third kappa shape index (κ3) is 2.75. The number of benzene rings is 1. The van der Waals surface area contributed by atoms with Crippen LogP contribution in [0.4, 0.5) is 0 Å². The minimum absolute atomic E-state index is 0.0514. The van der Waals surface area contributed by atoms with E-state index in [1.54, 1.807) is 4.68 Å². The summed E-state index contributed by atoms with van der Waals surface area (Å²) >= 11 is 0. The minimum atomic E-state index is -0.668. The van der Waals surface area contributed by atoms with E-state index < -0.39 is 11.0 Å². The second-order valence-electron chi connectivity index (χ2n) is 9.39. The van der Waals surface area contributed by atoms with Gasteiger partial charge in [0, 0.05) is 0 Å². The lowest BCUT2D eigenvalue weighted by molar-refractivity contribution is -0.204. The van der Waals surface area contributed by atoms with Crippen LogP contribution in [0, 0.1) is 16.7 Å². The predicted octanol–water partition coefficient (Wildman–Crippen LogP) is 2.39. The van der Waals surface area contributed by atoms with Gasteiger partial charge in [-0.05, 0) is 72.4 Å². The molecule has 6 rings (SSSR count). The quantitative estimate of drug-likeness (QED) is 0.830. The van der Waals surface area contributed by atoms with E-state index >= 15 is 0 Å². The number of nitrogens with zero attached hydrogens (tertiary/aromatic N) is 4. The van der Waals surface area contributed by atoms with Crippen molar-refractivity contribution in [2.75, 3.05) is 0 Å². The van der Waals surface area contributed by atoms with Crippen LogP contribution in [0.3, 0.4) is 0 Å². The highest BCUT2D eigenvalue weighted by molar-refractivity contribution is 5.83. The summed E-state index contributed by atoms with van der Waals surface area (Å²) in [5.41, 5.74) is -0.129. The lowest BCUT2D eigenvalue weighted by Gasteiger charge is -2.64. The van der Waals surface area contributed by atoms with E-state index in [2.05, 4.69) is 27.8 Å². The Labute approximate surface area is 164 Å². The van der Waals surface area contributed by atoms with E-state index in [4.69, 9.17) is 0 Å². The molecule has 2 N–H and O–H groups in total. The van der Waals surface area contributed by atoms with Gasteiger partial charge < -0.3 is 10.4 Å². The number of carbonyl (C=O) groups excluding carboxylic acids is 1. The first-order valence-corrected chi connectivity index (χ1v) is 10.3. The van der Waals surface area contributed by atoms with Crippen LogP contribution in [-0.4, -0.2) is 36.8 Å². The molecule has 1 heterocycles. The molecule has 7 heteroatoms. The summed E-state index contributed by atoms with van der Waals surface area (Å²) in [6.45, 7) is 2.49. The fraction of sp³-hybridized carbons (Fsp3) is 0.619. The molecule has 28 heavy (non-hydrogen) atoms. The lowest BCUT2D eigenvalue weighted by atomic mass is 9.42. The Bertz CT molecular complexity index is 899. The largest absolute Gasteiger partial charge is 0.390 e. The van der Waals surface area contributed by atoms with Crippen LogP contribution in [0.15, 0.2) is 30.3 Å². The molecular weight excluding hydrogens is 354 g/mol. The van der Waals surface area contributed by atoms with Gasteiger partial charge in [0.15, 0.2) is 5.82 Å². The molecule has 1 aromatic carbocycles. The molecule has 1 aromatic heterocycles. The fourth-order valence-corrected chi connectivity index (χ4v) is 6.67. The molecule has 4 fully saturated rings. The molecule has 1 amide bonds. The number of tetrazole rings is 1. The van der Waals surface area contributed by atoms with Gasteiger partial charge in [-0.2, -0.15) is 4.68 Å². The van der Waals surface area contributed by atoms with Gasteiger partial charge in [0.2, 0.25) is 5.91 Å². The van der Waals surface area contributed by atoms with Crippen molar-refractivity contribution < 1.29 is 9.90 Å². The molecule has 0 spiro atoms. The first-order chi connectivity index (χ1) is 13.4. The predicted molar refractivity (Wildman–Crippen MR) is 102 cm³/mol. The number of para-hydroxylation sites is 1. The Morgan fingerprint density at radius 1 is 1.21 bits per heavy atom. The average molecular weight is 381 g/mol. The number of aliphatic hydroxyl groups is 1. The minimum Gasteiger partial charge on any atom is -0.390 e. The summed E-state index contributed by atoms with van der Waals surface area (Å²) in [6, 6.07) is 9.67. The van der Waals surface area contributed by atoms with Crippen molar-refractivity contribution in [3.63, 3.8) is 0 Å². The Hall–Kier alpha value is -2.28. The number of hydrogen-bond donors (Lipinski definition) is 2. The van der Waals surface area contributed by atoms with Gasteiger partial charge in [-0.25, -0.2) is 0 Å². The van der Waals surface area contributed by atoms with Gasteiger partial charge in [-0.3, -0.25) is 4.79 Å². The molecule has 4 bridgehead atoms. The van der Waals surface area contributed by atoms with Crippen molar-refractivity contribution in [2.24, 2.45) is 16.7 Å². The van der Waals surface area contributed by atoms with Crippen LogP contribution >= 0.6 is 0 Å². The van der Waals surface area contributed by atoms with Crippen molar-refractivity contribution in [3.05, 3.63) is 36.2 Å². The Balaban J connectivity index is 1.35. The van der Waals surface area contributed by atoms with E-state index in [0.717, 1.165) is 44.2 Å². The molecule has 2 aromatic rings. The van der Waals surface area contributed by atoms with Crippen molar-refractivity contribution in [1.82, 2.24) is 25.5 Å². The maximum Gasteiger partial charge on any atom is 0.226 e. The number of rotatable bonds is 5. The Morgan fingerprint density at radius 2 is 2.04 bits per heavy atom. The van der Waals surface area contributed by atoms with E-state index in [-0.39, 0.29) is 17.9 Å². The van der Waals surface area contributed by atoms with Gasteiger partial charge in [0.25, 0.3) is 0 Å². The van der Waals surface area contributed by atoms with Gasteiger partial charge in [-0.1, -0.05) is 31.5 Å². The Morgan fingerprint density at radius 3 is 2.79 bits per heavy atom. The van der Waals surface area contributed by atoms with Gasteiger partial charge >= 0.3 is 0 Å². The number of nitrogens with one attached hydrogen (secondary N) is 1. The number of hydrogen-bond acceptors (Lipinski definition) is 5. The van der Waals surface area contributed by atoms with E-state index in [1.807, 2.05) is 30.3 Å². The summed E-state index contributed by atoms with van der Waals surface area (Å²) in [7, 11) is 0. The highest BCUT2D eigenvalue weighted by Gasteiger charge is 2.64. The lowest BCUT2D eigenvalue weighted by Crippen LogP contribution is -2.63. The van der Waals surface area contributed by atoms with Crippen LogP contribution < -0.4 is 5.32 Å². The zero-order valence-electron chi connectivity index (χ0n) is 16.3. The first-order valence-electron chi connectivity index (χ1n) is 10.3. The monoisotopic (exact) mass is 381 g/mol. The molecule has 4 aliphatic carbocycles. The van der Waals surface area contributed by atoms with E-state index in [0.29, 0.717) is 18.2 Å². The smallest absolute Gasteiger partial charge is 0.226 e. The highest BCUT2D eigenvalue weighted by atomic mass is 16.3. The van der Waals surface area contributed by atoms with E-state index in [9.17, 15) is 9.90 Å². The van der Waals surface area contributed by atoms with Crippen molar-refractivity contribution in [2.45, 2.75) is 64.0 Å². The molecule has 148 valence electrons. The summed E-state index contributed by atoms with van der Waals surface area (Å²) in [5, 5.41) is 26.2. The Kier molecular flexibility index (Phi) is 3.88. The topological polar surface area (TPSA) is 92.9 Å². The second kappa shape index (κ2) is 6.11. The summed E-state index contributed by atoms with van der Waals surface area (Å²) in [6.07, 6.45) is 6.29. The van der Waals surface area contributed by atoms with Crippen LogP contribution in [0.2, 0.25) is 0 Å². The van der Waals surface area contributed by atoms with Gasteiger partial charge in [0.05, 0.1) is 23.2 Å². The summed E-state index contributed by atoms with van der Waals surface area (Å²) in [5.74, 6) is 1.12. The molecule has 7 nitrogen and oxygen atoms in total. The van der Waals surface area contributed by atoms with Crippen LogP contribution in [0.25, 0.3) is 5.69 Å². The fourth-order valence-electron chi connectivity index (χ4n) is 6.67. The second-order valence-corrected chi connectivity index (χ2v) is 9.39. The number of carbonyl (C=O) groups is 1. The zero-order chi connectivity index (χ0) is 19.4. The molecule has 4 atom stereocenters. The molecular formula is C21H27N5O2. The SMILES string of the molecule is CCC12CC3CC(O)(C1)CC(C(=O)NCc1nnnn1-c1ccccc1)(C3)C2. The van der Waals surface area contributed by atoms with Gasteiger partial charge in [0.1, 0.15) is 0 Å². The third-order valence-electron chi connectivity index (χ3n) is 7.33. The first kappa shape index (κ1) is 17.8. The normalized spacial score (nSPS) is 35.9. The van der Waals surface area contributed by atoms with Crippen molar-refractivity contribution in [1.29, 1.82) is 0 Å². The number of amides is 1. The van der Waals surface area contributed by atoms with Crippen molar-refractivity contribution in [3.8, 4) is 5.69 Å².